The van der Waals surface area contributed by atoms with Crippen molar-refractivity contribution in [1.29, 1.82) is 0 Å². The van der Waals surface area contributed by atoms with Crippen molar-refractivity contribution in [3.8, 4) is 0 Å². The first kappa shape index (κ1) is 8.24. The maximum Gasteiger partial charge on any atom is 0.244 e. The molecule has 3 heteroatoms. The van der Waals surface area contributed by atoms with Crippen molar-refractivity contribution < 1.29 is 4.79 Å². The largest absolute Gasteiger partial charge is 0.354 e. The second-order valence-electron chi connectivity index (χ2n) is 3.03. The van der Waals surface area contributed by atoms with Gasteiger partial charge >= 0.3 is 0 Å². The third-order valence-corrected chi connectivity index (χ3v) is 1.67. The normalized spacial score (nSPS) is 24.2. The molecule has 0 aromatic rings. The Bertz CT molecular complexity index is 183. The maximum atomic E-state index is 11.1. The Labute approximate surface area is 66.9 Å². The number of carbonyl (C=O) groups excluding carboxylic acids is 1. The van der Waals surface area contributed by atoms with Gasteiger partial charge in [-0.3, -0.25) is 9.79 Å². The molecule has 1 aliphatic rings. The molecule has 0 radical (unpaired) electrons. The Hall–Kier alpha value is -0.860. The number of hydrogen-bond donors (Lipinski definition) is 1. The monoisotopic (exact) mass is 154 g/mol. The number of amides is 1. The van der Waals surface area contributed by atoms with E-state index in [2.05, 4.69) is 10.3 Å². The predicted octanol–water partition coefficient (Wildman–Crippen LogP) is 0.746. The zero-order valence-electron chi connectivity index (χ0n) is 7.05. The zero-order valence-corrected chi connectivity index (χ0v) is 7.05. The summed E-state index contributed by atoms with van der Waals surface area (Å²) in [6, 6.07) is -0.117. The summed E-state index contributed by atoms with van der Waals surface area (Å²) in [5, 5.41) is 2.79. The van der Waals surface area contributed by atoms with E-state index in [1.807, 2.05) is 13.8 Å². The number of hydrogen-bond acceptors (Lipinski definition) is 2. The molecule has 0 aromatic heterocycles. The predicted molar refractivity (Wildman–Crippen MR) is 44.8 cm³/mol. The summed E-state index contributed by atoms with van der Waals surface area (Å²) in [5.74, 6) is 0.0810. The molecule has 1 N–H and O–H groups in total. The van der Waals surface area contributed by atoms with E-state index in [4.69, 9.17) is 0 Å². The van der Waals surface area contributed by atoms with Gasteiger partial charge in [0.15, 0.2) is 0 Å². The van der Waals surface area contributed by atoms with Crippen LogP contribution in [-0.4, -0.2) is 24.2 Å². The lowest BCUT2D eigenvalue weighted by Gasteiger charge is -2.18. The van der Waals surface area contributed by atoms with Crippen molar-refractivity contribution in [1.82, 2.24) is 5.32 Å². The van der Waals surface area contributed by atoms with Crippen molar-refractivity contribution in [2.75, 3.05) is 6.54 Å². The maximum absolute atomic E-state index is 11.1. The fourth-order valence-electron chi connectivity index (χ4n) is 1.19. The van der Waals surface area contributed by atoms with Gasteiger partial charge in [0.25, 0.3) is 0 Å². The lowest BCUT2D eigenvalue weighted by molar-refractivity contribution is -0.123. The summed E-state index contributed by atoms with van der Waals surface area (Å²) in [4.78, 5) is 15.3. The van der Waals surface area contributed by atoms with Gasteiger partial charge in [-0.2, -0.15) is 0 Å². The number of aliphatic imine (C=N–C) groups is 1. The molecule has 1 rings (SSSR count). The van der Waals surface area contributed by atoms with Crippen molar-refractivity contribution in [2.45, 2.75) is 32.7 Å². The number of nitrogens with zero attached hydrogens (tertiary/aromatic N) is 1. The summed E-state index contributed by atoms with van der Waals surface area (Å²) in [5.41, 5.74) is 0.979. The lowest BCUT2D eigenvalue weighted by Crippen LogP contribution is -2.39. The molecule has 11 heavy (non-hydrogen) atoms. The molecule has 0 spiro atoms. The summed E-state index contributed by atoms with van der Waals surface area (Å²) in [7, 11) is 0. The minimum atomic E-state index is -0.117. The molecule has 1 saturated heterocycles. The molecule has 0 aromatic carbocycles. The van der Waals surface area contributed by atoms with E-state index in [9.17, 15) is 4.79 Å². The average molecular weight is 154 g/mol. The van der Waals surface area contributed by atoms with Crippen LogP contribution in [0.4, 0.5) is 0 Å². The smallest absolute Gasteiger partial charge is 0.244 e. The fourth-order valence-corrected chi connectivity index (χ4v) is 1.19. The van der Waals surface area contributed by atoms with Gasteiger partial charge in [-0.05, 0) is 26.7 Å². The van der Waals surface area contributed by atoms with Crippen LogP contribution in [0.15, 0.2) is 4.99 Å². The zero-order chi connectivity index (χ0) is 8.27. The molecule has 3 nitrogen and oxygen atoms in total. The molecule has 0 saturated carbocycles. The Morgan fingerprint density at radius 1 is 1.64 bits per heavy atom. The van der Waals surface area contributed by atoms with Crippen LogP contribution in [0.25, 0.3) is 0 Å². The topological polar surface area (TPSA) is 41.5 Å². The molecule has 1 fully saturated rings. The third-order valence-electron chi connectivity index (χ3n) is 1.67. The van der Waals surface area contributed by atoms with E-state index in [0.29, 0.717) is 0 Å². The van der Waals surface area contributed by atoms with Gasteiger partial charge in [0.1, 0.15) is 6.04 Å². The van der Waals surface area contributed by atoms with Crippen LogP contribution in [0.3, 0.4) is 0 Å². The minimum Gasteiger partial charge on any atom is -0.354 e. The van der Waals surface area contributed by atoms with Crippen molar-refractivity contribution in [3.05, 3.63) is 0 Å². The quantitative estimate of drug-likeness (QED) is 0.556. The molecular formula is C8H14N2O. The van der Waals surface area contributed by atoms with Crippen molar-refractivity contribution in [2.24, 2.45) is 4.99 Å². The first-order chi connectivity index (χ1) is 5.20. The number of rotatable bonds is 1. The van der Waals surface area contributed by atoms with Crippen LogP contribution in [0.2, 0.25) is 0 Å². The van der Waals surface area contributed by atoms with Gasteiger partial charge in [-0.1, -0.05) is 0 Å². The Morgan fingerprint density at radius 3 is 2.91 bits per heavy atom. The minimum absolute atomic E-state index is 0.0810. The fraction of sp³-hybridized carbons (Fsp3) is 0.750. The Kier molecular flexibility index (Phi) is 2.63. The van der Waals surface area contributed by atoms with E-state index < -0.39 is 0 Å². The first-order valence-corrected chi connectivity index (χ1v) is 3.99. The van der Waals surface area contributed by atoms with E-state index in [0.717, 1.165) is 25.1 Å². The number of carbonyl (C=O) groups is 1. The van der Waals surface area contributed by atoms with E-state index in [1.165, 1.54) is 0 Å². The highest BCUT2D eigenvalue weighted by molar-refractivity contribution is 5.87. The third kappa shape index (κ3) is 2.33. The van der Waals surface area contributed by atoms with Gasteiger partial charge in [0, 0.05) is 12.3 Å². The number of piperidine rings is 1. The van der Waals surface area contributed by atoms with Crippen LogP contribution in [0.5, 0.6) is 0 Å². The van der Waals surface area contributed by atoms with Gasteiger partial charge in [0.2, 0.25) is 5.91 Å². The standard InChI is InChI=1S/C8H14N2O/c1-6(2)10-7-4-3-5-9-8(7)11/h7H,3-5H2,1-2H3,(H,9,11)/t7-/m0/s1. The van der Waals surface area contributed by atoms with Gasteiger partial charge < -0.3 is 5.32 Å². The molecule has 1 heterocycles. The first-order valence-electron chi connectivity index (χ1n) is 3.99. The lowest BCUT2D eigenvalue weighted by atomic mass is 10.1. The number of nitrogens with one attached hydrogen (secondary N) is 1. The Morgan fingerprint density at radius 2 is 2.36 bits per heavy atom. The van der Waals surface area contributed by atoms with Crippen molar-refractivity contribution in [3.63, 3.8) is 0 Å². The van der Waals surface area contributed by atoms with Crippen LogP contribution < -0.4 is 5.32 Å². The van der Waals surface area contributed by atoms with Crippen LogP contribution in [-0.2, 0) is 4.79 Å². The van der Waals surface area contributed by atoms with E-state index in [1.54, 1.807) is 0 Å². The highest BCUT2D eigenvalue weighted by Crippen LogP contribution is 2.07. The molecule has 0 bridgehead atoms. The van der Waals surface area contributed by atoms with Gasteiger partial charge in [-0.15, -0.1) is 0 Å². The molecule has 1 atom stereocenters. The summed E-state index contributed by atoms with van der Waals surface area (Å²) < 4.78 is 0. The highest BCUT2D eigenvalue weighted by atomic mass is 16.2. The van der Waals surface area contributed by atoms with Gasteiger partial charge in [0.05, 0.1) is 0 Å². The summed E-state index contributed by atoms with van der Waals surface area (Å²) >= 11 is 0. The van der Waals surface area contributed by atoms with Gasteiger partial charge in [-0.25, -0.2) is 0 Å². The summed E-state index contributed by atoms with van der Waals surface area (Å²) in [6.07, 6.45) is 1.95. The molecule has 62 valence electrons. The Balaban J connectivity index is 2.55. The second-order valence-corrected chi connectivity index (χ2v) is 3.03. The van der Waals surface area contributed by atoms with Crippen molar-refractivity contribution >= 4 is 11.6 Å². The molecule has 0 unspecified atom stereocenters. The highest BCUT2D eigenvalue weighted by Gasteiger charge is 2.20. The average Bonchev–Trinajstić information content (AvgIpc) is 1.93. The van der Waals surface area contributed by atoms with Crippen LogP contribution in [0, 0.1) is 0 Å². The molecule has 1 amide bonds. The van der Waals surface area contributed by atoms with E-state index in [-0.39, 0.29) is 11.9 Å². The van der Waals surface area contributed by atoms with Crippen LogP contribution in [0.1, 0.15) is 26.7 Å². The summed E-state index contributed by atoms with van der Waals surface area (Å²) in [6.45, 7) is 4.65. The SMILES string of the molecule is CC(C)=N[C@H]1CCCNC1=O. The molecule has 0 aliphatic carbocycles. The molecule has 1 aliphatic heterocycles. The van der Waals surface area contributed by atoms with E-state index >= 15 is 0 Å². The second kappa shape index (κ2) is 3.51. The molecular weight excluding hydrogens is 140 g/mol. The van der Waals surface area contributed by atoms with Crippen LogP contribution >= 0.6 is 0 Å².